The summed E-state index contributed by atoms with van der Waals surface area (Å²) in [6, 6.07) is 14.6. The van der Waals surface area contributed by atoms with Gasteiger partial charge in [-0.3, -0.25) is 9.36 Å². The second kappa shape index (κ2) is 7.65. The molecule has 2 aromatic carbocycles. The fourth-order valence-corrected chi connectivity index (χ4v) is 4.60. The first-order chi connectivity index (χ1) is 14.6. The van der Waals surface area contributed by atoms with Crippen LogP contribution in [0.4, 0.5) is 5.69 Å². The van der Waals surface area contributed by atoms with E-state index in [1.54, 1.807) is 0 Å². The standard InChI is InChI=1S/C23H23N5OS/c1-14-6-5-7-15(2)21(14)25-20(29)13-30-23-27-26-22(28(23)16-10-11-16)18-12-24-19-9-4-3-8-17(18)19/h3-9,12,16,24H,10-11,13H2,1-2H3,(H,25,29). The molecule has 0 atom stereocenters. The SMILES string of the molecule is Cc1cccc(C)c1NC(=O)CSc1nnc(-c2c[nH]c3ccccc23)n1C1CC1. The summed E-state index contributed by atoms with van der Waals surface area (Å²) >= 11 is 1.45. The van der Waals surface area contributed by atoms with E-state index in [4.69, 9.17) is 0 Å². The molecule has 0 saturated heterocycles. The molecule has 5 rings (SSSR count). The number of aromatic amines is 1. The molecule has 0 unspecified atom stereocenters. The number of nitrogens with one attached hydrogen (secondary N) is 2. The molecule has 1 fully saturated rings. The second-order valence-corrected chi connectivity index (χ2v) is 8.70. The summed E-state index contributed by atoms with van der Waals surface area (Å²) in [5, 5.41) is 13.9. The lowest BCUT2D eigenvalue weighted by Gasteiger charge is -2.12. The molecule has 7 heteroatoms. The minimum atomic E-state index is -0.0311. The third-order valence-electron chi connectivity index (χ3n) is 5.48. The van der Waals surface area contributed by atoms with Gasteiger partial charge in [0.15, 0.2) is 11.0 Å². The average molecular weight is 418 g/mol. The molecule has 0 spiro atoms. The van der Waals surface area contributed by atoms with Crippen molar-refractivity contribution < 1.29 is 4.79 Å². The summed E-state index contributed by atoms with van der Waals surface area (Å²) in [4.78, 5) is 15.9. The minimum Gasteiger partial charge on any atom is -0.360 e. The number of hydrogen-bond acceptors (Lipinski definition) is 4. The van der Waals surface area contributed by atoms with Crippen molar-refractivity contribution in [3.05, 3.63) is 59.8 Å². The number of hydrogen-bond donors (Lipinski definition) is 2. The first-order valence-electron chi connectivity index (χ1n) is 10.1. The van der Waals surface area contributed by atoms with Crippen LogP contribution in [-0.4, -0.2) is 31.4 Å². The van der Waals surface area contributed by atoms with E-state index >= 15 is 0 Å². The highest BCUT2D eigenvalue weighted by Gasteiger charge is 2.31. The number of H-pyrrole nitrogens is 1. The molecule has 0 bridgehead atoms. The Labute approximate surface area is 179 Å². The Morgan fingerprint density at radius 3 is 2.67 bits per heavy atom. The van der Waals surface area contributed by atoms with Crippen LogP contribution in [-0.2, 0) is 4.79 Å². The molecular weight excluding hydrogens is 394 g/mol. The van der Waals surface area contributed by atoms with Gasteiger partial charge in [0.05, 0.1) is 5.75 Å². The molecule has 1 aliphatic carbocycles. The van der Waals surface area contributed by atoms with E-state index in [0.717, 1.165) is 57.1 Å². The van der Waals surface area contributed by atoms with Gasteiger partial charge in [0.25, 0.3) is 0 Å². The van der Waals surface area contributed by atoms with Crippen molar-refractivity contribution in [2.45, 2.75) is 37.9 Å². The van der Waals surface area contributed by atoms with E-state index in [9.17, 15) is 4.79 Å². The topological polar surface area (TPSA) is 75.6 Å². The second-order valence-electron chi connectivity index (χ2n) is 7.76. The van der Waals surface area contributed by atoms with Gasteiger partial charge in [-0.15, -0.1) is 10.2 Å². The van der Waals surface area contributed by atoms with Crippen LogP contribution in [0.25, 0.3) is 22.3 Å². The summed E-state index contributed by atoms with van der Waals surface area (Å²) in [5.41, 5.74) is 5.16. The Balaban J connectivity index is 1.38. The Hall–Kier alpha value is -3.06. The highest BCUT2D eigenvalue weighted by atomic mass is 32.2. The molecule has 2 N–H and O–H groups in total. The number of benzene rings is 2. The van der Waals surface area contributed by atoms with Gasteiger partial charge in [0.1, 0.15) is 0 Å². The molecule has 1 aliphatic rings. The van der Waals surface area contributed by atoms with Gasteiger partial charge >= 0.3 is 0 Å². The highest BCUT2D eigenvalue weighted by Crippen LogP contribution is 2.42. The molecule has 2 aromatic heterocycles. The monoisotopic (exact) mass is 417 g/mol. The number of anilines is 1. The van der Waals surface area contributed by atoms with Crippen molar-refractivity contribution in [1.82, 2.24) is 19.7 Å². The van der Waals surface area contributed by atoms with Crippen molar-refractivity contribution in [3.63, 3.8) is 0 Å². The maximum Gasteiger partial charge on any atom is 0.234 e. The first kappa shape index (κ1) is 18.9. The zero-order chi connectivity index (χ0) is 20.7. The molecule has 6 nitrogen and oxygen atoms in total. The van der Waals surface area contributed by atoms with E-state index in [1.807, 2.05) is 50.4 Å². The summed E-state index contributed by atoms with van der Waals surface area (Å²) in [7, 11) is 0. The van der Waals surface area contributed by atoms with Crippen LogP contribution in [0.2, 0.25) is 0 Å². The van der Waals surface area contributed by atoms with Crippen LogP contribution < -0.4 is 5.32 Å². The first-order valence-corrected chi connectivity index (χ1v) is 11.1. The summed E-state index contributed by atoms with van der Waals surface area (Å²) in [5.74, 6) is 1.14. The molecule has 2 heterocycles. The van der Waals surface area contributed by atoms with E-state index in [2.05, 4.69) is 37.2 Å². The Kier molecular flexibility index (Phi) is 4.83. The normalized spacial score (nSPS) is 13.7. The number of carbonyl (C=O) groups is 1. The van der Waals surface area contributed by atoms with Crippen molar-refractivity contribution in [2.24, 2.45) is 0 Å². The summed E-state index contributed by atoms with van der Waals surface area (Å²) in [6.07, 6.45) is 4.24. The molecule has 1 amide bonds. The van der Waals surface area contributed by atoms with Crippen LogP contribution in [0.15, 0.2) is 53.8 Å². The number of fused-ring (bicyclic) bond motifs is 1. The number of aryl methyl sites for hydroxylation is 2. The number of para-hydroxylation sites is 2. The molecule has 0 radical (unpaired) electrons. The minimum absolute atomic E-state index is 0.0311. The largest absolute Gasteiger partial charge is 0.360 e. The summed E-state index contributed by atoms with van der Waals surface area (Å²) in [6.45, 7) is 4.01. The fourth-order valence-electron chi connectivity index (χ4n) is 3.79. The van der Waals surface area contributed by atoms with E-state index in [-0.39, 0.29) is 5.91 Å². The predicted octanol–water partition coefficient (Wildman–Crippen LogP) is 5.11. The fraction of sp³-hybridized carbons (Fsp3) is 0.261. The van der Waals surface area contributed by atoms with Crippen LogP contribution in [0.1, 0.15) is 30.0 Å². The van der Waals surface area contributed by atoms with Crippen molar-refractivity contribution in [2.75, 3.05) is 11.1 Å². The Morgan fingerprint density at radius 1 is 1.13 bits per heavy atom. The van der Waals surface area contributed by atoms with Crippen LogP contribution in [0.5, 0.6) is 0 Å². The van der Waals surface area contributed by atoms with Crippen LogP contribution in [0.3, 0.4) is 0 Å². The van der Waals surface area contributed by atoms with Crippen molar-refractivity contribution in [1.29, 1.82) is 0 Å². The molecule has 1 saturated carbocycles. The van der Waals surface area contributed by atoms with Gasteiger partial charge in [-0.1, -0.05) is 48.2 Å². The number of amides is 1. The van der Waals surface area contributed by atoms with E-state index < -0.39 is 0 Å². The maximum absolute atomic E-state index is 12.6. The molecule has 4 aromatic rings. The third-order valence-corrected chi connectivity index (χ3v) is 6.43. The molecule has 30 heavy (non-hydrogen) atoms. The number of aromatic nitrogens is 4. The van der Waals surface area contributed by atoms with Gasteiger partial charge < -0.3 is 10.3 Å². The zero-order valence-electron chi connectivity index (χ0n) is 17.0. The average Bonchev–Trinajstić information content (AvgIpc) is 3.35. The van der Waals surface area contributed by atoms with Gasteiger partial charge in [-0.2, -0.15) is 0 Å². The lowest BCUT2D eigenvalue weighted by atomic mass is 10.1. The van der Waals surface area contributed by atoms with Gasteiger partial charge in [0, 0.05) is 34.4 Å². The summed E-state index contributed by atoms with van der Waals surface area (Å²) < 4.78 is 2.20. The lowest BCUT2D eigenvalue weighted by Crippen LogP contribution is -2.16. The quantitative estimate of drug-likeness (QED) is 0.428. The van der Waals surface area contributed by atoms with E-state index in [1.165, 1.54) is 11.8 Å². The number of thioether (sulfide) groups is 1. The van der Waals surface area contributed by atoms with Gasteiger partial charge in [0.2, 0.25) is 5.91 Å². The van der Waals surface area contributed by atoms with Crippen LogP contribution >= 0.6 is 11.8 Å². The zero-order valence-corrected chi connectivity index (χ0v) is 17.8. The lowest BCUT2D eigenvalue weighted by molar-refractivity contribution is -0.113. The van der Waals surface area contributed by atoms with Gasteiger partial charge in [-0.25, -0.2) is 0 Å². The third kappa shape index (κ3) is 3.50. The van der Waals surface area contributed by atoms with Crippen molar-refractivity contribution >= 4 is 34.3 Å². The van der Waals surface area contributed by atoms with Gasteiger partial charge in [-0.05, 0) is 43.9 Å². The Bertz CT molecular complexity index is 1220. The number of rotatable bonds is 6. The van der Waals surface area contributed by atoms with Crippen molar-refractivity contribution in [3.8, 4) is 11.4 Å². The molecular formula is C23H23N5OS. The Morgan fingerprint density at radius 2 is 1.90 bits per heavy atom. The molecule has 152 valence electrons. The number of nitrogens with zero attached hydrogens (tertiary/aromatic N) is 3. The smallest absolute Gasteiger partial charge is 0.234 e. The highest BCUT2D eigenvalue weighted by molar-refractivity contribution is 7.99. The predicted molar refractivity (Wildman–Crippen MR) is 121 cm³/mol. The van der Waals surface area contributed by atoms with Crippen LogP contribution in [0, 0.1) is 13.8 Å². The number of carbonyl (C=O) groups excluding carboxylic acids is 1. The van der Waals surface area contributed by atoms with E-state index in [0.29, 0.717) is 11.8 Å². The maximum atomic E-state index is 12.6. The molecule has 0 aliphatic heterocycles.